The highest BCUT2D eigenvalue weighted by Crippen LogP contribution is 2.16. The van der Waals surface area contributed by atoms with Crippen LogP contribution < -0.4 is 4.74 Å². The molecule has 0 aliphatic heterocycles. The number of carbonyl (C=O) groups excluding carboxylic acids is 1. The van der Waals surface area contributed by atoms with E-state index in [2.05, 4.69) is 0 Å². The fraction of sp³-hybridized carbons (Fsp3) is 0.500. The van der Waals surface area contributed by atoms with Crippen LogP contribution in [0.1, 0.15) is 32.3 Å². The molecule has 1 aromatic rings. The van der Waals surface area contributed by atoms with Crippen LogP contribution in [0.4, 0.5) is 0 Å². The van der Waals surface area contributed by atoms with Gasteiger partial charge in [0.15, 0.2) is 0 Å². The summed E-state index contributed by atoms with van der Waals surface area (Å²) >= 11 is 0. The van der Waals surface area contributed by atoms with E-state index in [0.717, 1.165) is 18.6 Å². The summed E-state index contributed by atoms with van der Waals surface area (Å²) in [5, 5.41) is 0. The van der Waals surface area contributed by atoms with Gasteiger partial charge >= 0.3 is 0 Å². The maximum Gasteiger partial charge on any atom is 0.136 e. The maximum absolute atomic E-state index is 11.6. The van der Waals surface area contributed by atoms with Crippen molar-refractivity contribution < 1.29 is 9.53 Å². The predicted octanol–water partition coefficient (Wildman–Crippen LogP) is 3.24. The van der Waals surface area contributed by atoms with Crippen molar-refractivity contribution in [3.05, 3.63) is 29.8 Å². The molecule has 2 nitrogen and oxygen atoms in total. The molecule has 0 heterocycles. The summed E-state index contributed by atoms with van der Waals surface area (Å²) in [6.07, 6.45) is 2.45. The quantitative estimate of drug-likeness (QED) is 0.735. The van der Waals surface area contributed by atoms with Gasteiger partial charge in [0, 0.05) is 12.3 Å². The molecule has 1 atom stereocenters. The van der Waals surface area contributed by atoms with E-state index in [1.54, 1.807) is 7.11 Å². The van der Waals surface area contributed by atoms with Crippen LogP contribution in [0.5, 0.6) is 5.75 Å². The average Bonchev–Trinajstić information content (AvgIpc) is 2.30. The zero-order valence-electron chi connectivity index (χ0n) is 10.3. The van der Waals surface area contributed by atoms with Gasteiger partial charge in [0.2, 0.25) is 0 Å². The number of ketones is 1. The highest BCUT2D eigenvalue weighted by atomic mass is 16.5. The monoisotopic (exact) mass is 220 g/mol. The molecule has 0 aliphatic carbocycles. The molecule has 0 amide bonds. The summed E-state index contributed by atoms with van der Waals surface area (Å²) in [4.78, 5) is 11.6. The lowest BCUT2D eigenvalue weighted by Gasteiger charge is -2.10. The molecular weight excluding hydrogens is 200 g/mol. The number of ether oxygens (including phenoxy) is 1. The van der Waals surface area contributed by atoms with Gasteiger partial charge in [-0.05, 0) is 30.5 Å². The molecule has 88 valence electrons. The lowest BCUT2D eigenvalue weighted by atomic mass is 9.95. The van der Waals surface area contributed by atoms with E-state index in [-0.39, 0.29) is 5.92 Å². The molecule has 2 heteroatoms. The summed E-state index contributed by atoms with van der Waals surface area (Å²) in [5.74, 6) is 1.34. The first-order chi connectivity index (χ1) is 7.67. The largest absolute Gasteiger partial charge is 0.497 e. The first kappa shape index (κ1) is 12.8. The third kappa shape index (κ3) is 3.69. The number of hydrogen-bond donors (Lipinski definition) is 0. The van der Waals surface area contributed by atoms with Crippen molar-refractivity contribution in [3.8, 4) is 5.75 Å². The SMILES string of the molecule is CCCC(=O)C(C)Cc1ccc(OC)cc1. The first-order valence-corrected chi connectivity index (χ1v) is 5.83. The summed E-state index contributed by atoms with van der Waals surface area (Å²) in [5.41, 5.74) is 1.19. The Morgan fingerprint density at radius 3 is 2.44 bits per heavy atom. The highest BCUT2D eigenvalue weighted by molar-refractivity contribution is 5.80. The lowest BCUT2D eigenvalue weighted by Crippen LogP contribution is -2.13. The Morgan fingerprint density at radius 2 is 1.94 bits per heavy atom. The summed E-state index contributed by atoms with van der Waals surface area (Å²) < 4.78 is 5.09. The molecule has 0 spiro atoms. The third-order valence-corrected chi connectivity index (χ3v) is 2.75. The number of rotatable bonds is 6. The van der Waals surface area contributed by atoms with Crippen molar-refractivity contribution in [1.82, 2.24) is 0 Å². The average molecular weight is 220 g/mol. The zero-order chi connectivity index (χ0) is 12.0. The van der Waals surface area contributed by atoms with Crippen LogP contribution >= 0.6 is 0 Å². The third-order valence-electron chi connectivity index (χ3n) is 2.75. The van der Waals surface area contributed by atoms with E-state index in [9.17, 15) is 4.79 Å². The van der Waals surface area contributed by atoms with Crippen LogP contribution in [-0.2, 0) is 11.2 Å². The van der Waals surface area contributed by atoms with Gasteiger partial charge in [-0.3, -0.25) is 4.79 Å². The Hall–Kier alpha value is -1.31. The minimum absolute atomic E-state index is 0.119. The van der Waals surface area contributed by atoms with Crippen molar-refractivity contribution in [1.29, 1.82) is 0 Å². The number of benzene rings is 1. The van der Waals surface area contributed by atoms with E-state index >= 15 is 0 Å². The van der Waals surface area contributed by atoms with E-state index in [0.29, 0.717) is 12.2 Å². The van der Waals surface area contributed by atoms with E-state index in [1.165, 1.54) is 5.56 Å². The van der Waals surface area contributed by atoms with Crippen LogP contribution in [0, 0.1) is 5.92 Å². The number of Topliss-reactive ketones (excluding diaryl/α,β-unsaturated/α-hetero) is 1. The van der Waals surface area contributed by atoms with Crippen LogP contribution in [0.25, 0.3) is 0 Å². The molecule has 0 saturated carbocycles. The van der Waals surface area contributed by atoms with Gasteiger partial charge < -0.3 is 4.74 Å². The maximum atomic E-state index is 11.6. The molecule has 0 bridgehead atoms. The van der Waals surface area contributed by atoms with Crippen LogP contribution in [0.3, 0.4) is 0 Å². The molecule has 16 heavy (non-hydrogen) atoms. The molecule has 0 radical (unpaired) electrons. The molecule has 1 unspecified atom stereocenters. The van der Waals surface area contributed by atoms with Gasteiger partial charge in [-0.25, -0.2) is 0 Å². The zero-order valence-corrected chi connectivity index (χ0v) is 10.3. The van der Waals surface area contributed by atoms with Crippen molar-refractivity contribution in [3.63, 3.8) is 0 Å². The lowest BCUT2D eigenvalue weighted by molar-refractivity contribution is -0.122. The van der Waals surface area contributed by atoms with Crippen molar-refractivity contribution in [2.45, 2.75) is 33.1 Å². The molecule has 1 aromatic carbocycles. The molecule has 0 aliphatic rings. The first-order valence-electron chi connectivity index (χ1n) is 5.83. The molecule has 0 aromatic heterocycles. The van der Waals surface area contributed by atoms with Crippen LogP contribution in [0.2, 0.25) is 0 Å². The van der Waals surface area contributed by atoms with Crippen molar-refractivity contribution in [2.75, 3.05) is 7.11 Å². The Labute approximate surface area is 97.6 Å². The van der Waals surface area contributed by atoms with Gasteiger partial charge in [-0.2, -0.15) is 0 Å². The second kappa shape index (κ2) is 6.31. The van der Waals surface area contributed by atoms with E-state index in [4.69, 9.17) is 4.74 Å². The van der Waals surface area contributed by atoms with Gasteiger partial charge in [0.05, 0.1) is 7.11 Å². The van der Waals surface area contributed by atoms with Gasteiger partial charge in [0.1, 0.15) is 11.5 Å². The van der Waals surface area contributed by atoms with E-state index in [1.807, 2.05) is 38.1 Å². The summed E-state index contributed by atoms with van der Waals surface area (Å²) in [6.45, 7) is 4.04. The molecular formula is C14H20O2. The Morgan fingerprint density at radius 1 is 1.31 bits per heavy atom. The molecule has 0 N–H and O–H groups in total. The molecule has 0 fully saturated rings. The minimum Gasteiger partial charge on any atom is -0.497 e. The Balaban J connectivity index is 2.55. The fourth-order valence-corrected chi connectivity index (χ4v) is 1.72. The minimum atomic E-state index is 0.119. The standard InChI is InChI=1S/C14H20O2/c1-4-5-14(15)11(2)10-12-6-8-13(16-3)9-7-12/h6-9,11H,4-5,10H2,1-3H3. The van der Waals surface area contributed by atoms with Crippen LogP contribution in [-0.4, -0.2) is 12.9 Å². The van der Waals surface area contributed by atoms with Gasteiger partial charge in [-0.15, -0.1) is 0 Å². The van der Waals surface area contributed by atoms with Crippen molar-refractivity contribution >= 4 is 5.78 Å². The number of carbonyl (C=O) groups is 1. The Kier molecular flexibility index (Phi) is 5.03. The smallest absolute Gasteiger partial charge is 0.136 e. The molecule has 1 rings (SSSR count). The van der Waals surface area contributed by atoms with Crippen molar-refractivity contribution in [2.24, 2.45) is 5.92 Å². The number of hydrogen-bond acceptors (Lipinski definition) is 2. The number of methoxy groups -OCH3 is 1. The normalized spacial score (nSPS) is 12.2. The Bertz CT molecular complexity index is 327. The van der Waals surface area contributed by atoms with Gasteiger partial charge in [0.25, 0.3) is 0 Å². The van der Waals surface area contributed by atoms with Gasteiger partial charge in [-0.1, -0.05) is 26.0 Å². The summed E-state index contributed by atoms with van der Waals surface area (Å²) in [7, 11) is 1.66. The topological polar surface area (TPSA) is 26.3 Å². The summed E-state index contributed by atoms with van der Waals surface area (Å²) in [6, 6.07) is 7.92. The predicted molar refractivity (Wildman–Crippen MR) is 65.8 cm³/mol. The second-order valence-corrected chi connectivity index (χ2v) is 4.17. The van der Waals surface area contributed by atoms with Crippen LogP contribution in [0.15, 0.2) is 24.3 Å². The molecule has 0 saturated heterocycles. The highest BCUT2D eigenvalue weighted by Gasteiger charge is 2.12. The fourth-order valence-electron chi connectivity index (χ4n) is 1.72. The second-order valence-electron chi connectivity index (χ2n) is 4.17. The van der Waals surface area contributed by atoms with E-state index < -0.39 is 0 Å².